The van der Waals surface area contributed by atoms with Gasteiger partial charge in [0.1, 0.15) is 0 Å². The van der Waals surface area contributed by atoms with Gasteiger partial charge in [0, 0.05) is 17.8 Å². The first-order chi connectivity index (χ1) is 7.97. The molecule has 0 amide bonds. The number of hydrogen-bond acceptors (Lipinski definition) is 4. The number of nitrogens with two attached hydrogens (primary N) is 1. The molecule has 1 aliphatic carbocycles. The molecular weight excluding hydrogens is 224 g/mol. The maximum absolute atomic E-state index is 11.3. The molecule has 1 saturated carbocycles. The highest BCUT2D eigenvalue weighted by Crippen LogP contribution is 2.46. The van der Waals surface area contributed by atoms with Crippen molar-refractivity contribution in [2.24, 2.45) is 0 Å². The van der Waals surface area contributed by atoms with Crippen molar-refractivity contribution in [2.75, 3.05) is 5.73 Å². The van der Waals surface area contributed by atoms with E-state index < -0.39 is 16.3 Å². The van der Waals surface area contributed by atoms with Crippen LogP contribution in [-0.2, 0) is 10.2 Å². The molecule has 90 valence electrons. The van der Waals surface area contributed by atoms with E-state index in [2.05, 4.69) is 0 Å². The molecule has 1 aromatic rings. The highest BCUT2D eigenvalue weighted by Gasteiger charge is 2.47. The number of nitro benzene ring substituents is 1. The van der Waals surface area contributed by atoms with Gasteiger partial charge in [-0.15, -0.1) is 0 Å². The first-order valence-electron chi connectivity index (χ1n) is 5.25. The predicted molar refractivity (Wildman–Crippen MR) is 60.7 cm³/mol. The van der Waals surface area contributed by atoms with Crippen LogP contribution in [-0.4, -0.2) is 16.0 Å². The van der Waals surface area contributed by atoms with E-state index in [4.69, 9.17) is 5.73 Å². The van der Waals surface area contributed by atoms with Crippen LogP contribution in [0.4, 0.5) is 11.4 Å². The Labute approximate surface area is 97.2 Å². The van der Waals surface area contributed by atoms with Gasteiger partial charge in [-0.1, -0.05) is 6.42 Å². The van der Waals surface area contributed by atoms with Crippen LogP contribution in [0.1, 0.15) is 24.8 Å². The van der Waals surface area contributed by atoms with Gasteiger partial charge in [-0.05, 0) is 24.5 Å². The van der Waals surface area contributed by atoms with Gasteiger partial charge in [0.15, 0.2) is 0 Å². The number of non-ortho nitro benzene ring substituents is 1. The zero-order valence-electron chi connectivity index (χ0n) is 9.05. The summed E-state index contributed by atoms with van der Waals surface area (Å²) in [5.41, 5.74) is 5.25. The largest absolute Gasteiger partial charge is 0.481 e. The highest BCUT2D eigenvalue weighted by atomic mass is 16.6. The standard InChI is InChI=1S/C11H12N2O4/c12-9-3-2-7(13(16)17)6-8(9)11(10(14)15)4-1-5-11/h2-3,6H,1,4-5,12H2,(H,14,15). The number of benzene rings is 1. The lowest BCUT2D eigenvalue weighted by atomic mass is 9.64. The monoisotopic (exact) mass is 236 g/mol. The lowest BCUT2D eigenvalue weighted by Crippen LogP contribution is -2.42. The molecular formula is C11H12N2O4. The molecule has 1 aliphatic rings. The second-order valence-corrected chi connectivity index (χ2v) is 4.27. The van der Waals surface area contributed by atoms with E-state index in [9.17, 15) is 20.0 Å². The minimum atomic E-state index is -1.03. The quantitative estimate of drug-likeness (QED) is 0.471. The van der Waals surface area contributed by atoms with E-state index in [0.29, 0.717) is 24.1 Å². The van der Waals surface area contributed by atoms with Crippen molar-refractivity contribution in [3.8, 4) is 0 Å². The molecule has 1 fully saturated rings. The Bertz CT molecular complexity index is 494. The van der Waals surface area contributed by atoms with Crippen molar-refractivity contribution in [1.29, 1.82) is 0 Å². The average molecular weight is 236 g/mol. The summed E-state index contributed by atoms with van der Waals surface area (Å²) in [6.07, 6.45) is 1.76. The van der Waals surface area contributed by atoms with Gasteiger partial charge in [0.05, 0.1) is 10.3 Å². The number of nitrogen functional groups attached to an aromatic ring is 1. The summed E-state index contributed by atoms with van der Waals surface area (Å²) < 4.78 is 0. The fourth-order valence-electron chi connectivity index (χ4n) is 2.20. The van der Waals surface area contributed by atoms with E-state index in [0.717, 1.165) is 6.42 Å². The van der Waals surface area contributed by atoms with E-state index in [1.54, 1.807) is 0 Å². The summed E-state index contributed by atoms with van der Waals surface area (Å²) >= 11 is 0. The molecule has 2 rings (SSSR count). The molecule has 0 heterocycles. The van der Waals surface area contributed by atoms with Crippen LogP contribution in [0.5, 0.6) is 0 Å². The number of anilines is 1. The van der Waals surface area contributed by atoms with Crippen LogP contribution in [0.2, 0.25) is 0 Å². The van der Waals surface area contributed by atoms with Gasteiger partial charge in [0.25, 0.3) is 5.69 Å². The number of nitro groups is 1. The predicted octanol–water partition coefficient (Wildman–Crippen LogP) is 1.68. The fourth-order valence-corrected chi connectivity index (χ4v) is 2.20. The number of hydrogen-bond donors (Lipinski definition) is 2. The lowest BCUT2D eigenvalue weighted by molar-refractivity contribution is -0.384. The summed E-state index contributed by atoms with van der Waals surface area (Å²) in [6.45, 7) is 0. The van der Waals surface area contributed by atoms with Crippen LogP contribution in [0, 0.1) is 10.1 Å². The Kier molecular flexibility index (Phi) is 2.49. The van der Waals surface area contributed by atoms with E-state index in [-0.39, 0.29) is 5.69 Å². The van der Waals surface area contributed by atoms with Gasteiger partial charge in [0.2, 0.25) is 0 Å². The highest BCUT2D eigenvalue weighted by molar-refractivity contribution is 5.85. The molecule has 0 aliphatic heterocycles. The van der Waals surface area contributed by atoms with Gasteiger partial charge >= 0.3 is 5.97 Å². The van der Waals surface area contributed by atoms with E-state index in [1.165, 1.54) is 18.2 Å². The summed E-state index contributed by atoms with van der Waals surface area (Å²) in [6, 6.07) is 3.96. The van der Waals surface area contributed by atoms with Gasteiger partial charge in [-0.3, -0.25) is 14.9 Å². The molecule has 0 spiro atoms. The van der Waals surface area contributed by atoms with Crippen molar-refractivity contribution in [3.63, 3.8) is 0 Å². The number of carboxylic acid groups (broad SMARTS) is 1. The third kappa shape index (κ3) is 1.61. The second-order valence-electron chi connectivity index (χ2n) is 4.27. The normalized spacial score (nSPS) is 17.2. The van der Waals surface area contributed by atoms with Crippen molar-refractivity contribution in [3.05, 3.63) is 33.9 Å². The third-order valence-electron chi connectivity index (χ3n) is 3.38. The maximum Gasteiger partial charge on any atom is 0.314 e. The van der Waals surface area contributed by atoms with Crippen molar-refractivity contribution < 1.29 is 14.8 Å². The van der Waals surface area contributed by atoms with Crippen LogP contribution in [0.25, 0.3) is 0 Å². The minimum absolute atomic E-state index is 0.123. The summed E-state index contributed by atoms with van der Waals surface area (Å²) in [5, 5.41) is 20.0. The molecule has 0 radical (unpaired) electrons. The lowest BCUT2D eigenvalue weighted by Gasteiger charge is -2.38. The number of carboxylic acids is 1. The molecule has 0 atom stereocenters. The van der Waals surface area contributed by atoms with E-state index >= 15 is 0 Å². The Morgan fingerprint density at radius 1 is 1.47 bits per heavy atom. The SMILES string of the molecule is Nc1ccc([N+](=O)[O-])cc1C1(C(=O)O)CCC1. The molecule has 6 heteroatoms. The molecule has 0 aromatic heterocycles. The fraction of sp³-hybridized carbons (Fsp3) is 0.364. The molecule has 1 aromatic carbocycles. The van der Waals surface area contributed by atoms with Crippen molar-refractivity contribution in [2.45, 2.75) is 24.7 Å². The van der Waals surface area contributed by atoms with Crippen molar-refractivity contribution >= 4 is 17.3 Å². The zero-order valence-corrected chi connectivity index (χ0v) is 9.05. The van der Waals surface area contributed by atoms with Crippen LogP contribution >= 0.6 is 0 Å². The maximum atomic E-state index is 11.3. The summed E-state index contributed by atoms with van der Waals surface area (Å²) in [7, 11) is 0. The first kappa shape index (κ1) is 11.4. The number of aliphatic carboxylic acids is 1. The molecule has 6 nitrogen and oxygen atoms in total. The summed E-state index contributed by atoms with van der Waals surface area (Å²) in [5.74, 6) is -0.962. The van der Waals surface area contributed by atoms with Crippen LogP contribution < -0.4 is 5.73 Å². The van der Waals surface area contributed by atoms with Gasteiger partial charge < -0.3 is 10.8 Å². The Hall–Kier alpha value is -2.11. The average Bonchev–Trinajstić information content (AvgIpc) is 2.18. The first-order valence-corrected chi connectivity index (χ1v) is 5.25. The minimum Gasteiger partial charge on any atom is -0.481 e. The van der Waals surface area contributed by atoms with Crippen molar-refractivity contribution in [1.82, 2.24) is 0 Å². The Morgan fingerprint density at radius 3 is 2.53 bits per heavy atom. The number of carbonyl (C=O) groups is 1. The zero-order chi connectivity index (χ0) is 12.6. The van der Waals surface area contributed by atoms with Crippen LogP contribution in [0.15, 0.2) is 18.2 Å². The molecule has 17 heavy (non-hydrogen) atoms. The number of rotatable bonds is 3. The number of nitrogens with zero attached hydrogens (tertiary/aromatic N) is 1. The Balaban J connectivity index is 2.54. The topological polar surface area (TPSA) is 106 Å². The smallest absolute Gasteiger partial charge is 0.314 e. The Morgan fingerprint density at radius 2 is 2.12 bits per heavy atom. The molecule has 0 unspecified atom stereocenters. The van der Waals surface area contributed by atoms with Crippen LogP contribution in [0.3, 0.4) is 0 Å². The van der Waals surface area contributed by atoms with Gasteiger partial charge in [-0.2, -0.15) is 0 Å². The third-order valence-corrected chi connectivity index (χ3v) is 3.38. The molecule has 3 N–H and O–H groups in total. The molecule has 0 bridgehead atoms. The van der Waals surface area contributed by atoms with Gasteiger partial charge in [-0.25, -0.2) is 0 Å². The summed E-state index contributed by atoms with van der Waals surface area (Å²) in [4.78, 5) is 21.5. The van der Waals surface area contributed by atoms with E-state index in [1.807, 2.05) is 0 Å². The second kappa shape index (κ2) is 3.73. The molecule has 0 saturated heterocycles.